The van der Waals surface area contributed by atoms with E-state index in [1.165, 1.54) is 19.8 Å². The summed E-state index contributed by atoms with van der Waals surface area (Å²) < 4.78 is 69.6. The first-order valence-corrected chi connectivity index (χ1v) is 21.6. The number of halogens is 2. The molecule has 16 nitrogen and oxygen atoms in total. The van der Waals surface area contributed by atoms with Crippen LogP contribution in [-0.2, 0) is 4.74 Å². The van der Waals surface area contributed by atoms with E-state index < -0.39 is 17.7 Å². The van der Waals surface area contributed by atoms with Crippen LogP contribution in [0.4, 0.5) is 8.78 Å². The average molecular weight is 915 g/mol. The highest BCUT2D eigenvalue weighted by Crippen LogP contribution is 2.39. The number of aromatic nitrogens is 6. The Labute approximate surface area is 383 Å². The molecule has 4 aromatic carbocycles. The van der Waals surface area contributed by atoms with Gasteiger partial charge in [-0.15, -0.1) is 6.42 Å². The number of fused-ring (bicyclic) bond motifs is 4. The van der Waals surface area contributed by atoms with E-state index in [1.807, 2.05) is 13.8 Å². The van der Waals surface area contributed by atoms with Gasteiger partial charge in [0.15, 0.2) is 46.1 Å². The number of benzene rings is 4. The molecule has 0 aliphatic carbocycles. The molecule has 0 radical (unpaired) electrons. The third kappa shape index (κ3) is 10.1. The summed E-state index contributed by atoms with van der Waals surface area (Å²) in [5.41, 5.74) is 4.26. The predicted octanol–water partition coefficient (Wildman–Crippen LogP) is 7.49. The van der Waals surface area contributed by atoms with Crippen molar-refractivity contribution < 1.29 is 47.0 Å². The number of H-pyrrole nitrogens is 2. The van der Waals surface area contributed by atoms with Crippen molar-refractivity contribution in [1.82, 2.24) is 39.7 Å². The summed E-state index contributed by atoms with van der Waals surface area (Å²) in [6, 6.07) is 17.0. The van der Waals surface area contributed by atoms with Crippen molar-refractivity contribution in [2.75, 3.05) is 73.3 Å². The third-order valence-corrected chi connectivity index (χ3v) is 11.4. The summed E-state index contributed by atoms with van der Waals surface area (Å²) in [5, 5.41) is 12.6. The summed E-state index contributed by atoms with van der Waals surface area (Å²) in [6.45, 7) is 9.55. The Morgan fingerprint density at radius 2 is 1.21 bits per heavy atom. The molecular formula is C49H48F2N8O8. The molecule has 2 saturated heterocycles. The molecule has 346 valence electrons. The van der Waals surface area contributed by atoms with Crippen LogP contribution in [0.15, 0.2) is 73.3 Å². The number of hydrogen-bond donors (Lipinski definition) is 3. The first-order chi connectivity index (χ1) is 32.6. The standard InChI is InChI=1S/C28H30FN5O4.C21H18FN3O4/c1-4-7-33-8-10-34(11-9-33)15-19(35)16-37-26-14-23-21(13-25(26)36-3)28(31-17-30-23)38-24-6-5-22-20(27(24)29)12-18(2)32-22;1-11-5-13-15(25-11)3-4-17(20(13)22)29-21-14-6-18(26-2)19(28-9-12-8-27-12)7-16(14)23-10-24-21/h1,5-6,12-14,17,19,32,35H,7-11,15-16H2,2-3H3;3-7,10,12,25H,8-9H2,1-2H3/t19-;/m1./s1. The first-order valence-electron chi connectivity index (χ1n) is 21.6. The summed E-state index contributed by atoms with van der Waals surface area (Å²) in [5.74, 6) is 4.22. The van der Waals surface area contributed by atoms with Gasteiger partial charge in [0.2, 0.25) is 11.8 Å². The second-order valence-corrected chi connectivity index (χ2v) is 16.2. The fourth-order valence-electron chi connectivity index (χ4n) is 7.87. The minimum absolute atomic E-state index is 0.0547. The number of ether oxygens (including phenoxy) is 7. The lowest BCUT2D eigenvalue weighted by atomic mass is 10.2. The minimum atomic E-state index is -0.686. The van der Waals surface area contributed by atoms with Crippen LogP contribution in [0.1, 0.15) is 11.4 Å². The Morgan fingerprint density at radius 1 is 0.701 bits per heavy atom. The van der Waals surface area contributed by atoms with Crippen LogP contribution in [0.3, 0.4) is 0 Å². The number of epoxide rings is 1. The van der Waals surface area contributed by atoms with Crippen LogP contribution in [0.5, 0.6) is 46.3 Å². The monoisotopic (exact) mass is 914 g/mol. The highest BCUT2D eigenvalue weighted by atomic mass is 19.1. The minimum Gasteiger partial charge on any atom is -0.493 e. The smallest absolute Gasteiger partial charge is 0.230 e. The number of aliphatic hydroxyl groups is 1. The number of β-amino-alcohol motifs (C(OH)–C–C–N with tert-alkyl or cyclic N) is 1. The zero-order valence-electron chi connectivity index (χ0n) is 37.3. The Kier molecular flexibility index (Phi) is 13.2. The molecule has 10 rings (SSSR count). The van der Waals surface area contributed by atoms with Crippen LogP contribution in [0, 0.1) is 37.8 Å². The summed E-state index contributed by atoms with van der Waals surface area (Å²) in [7, 11) is 3.07. The van der Waals surface area contributed by atoms with Crippen molar-refractivity contribution >= 4 is 43.6 Å². The predicted molar refractivity (Wildman–Crippen MR) is 247 cm³/mol. The normalized spacial score (nSPS) is 15.5. The van der Waals surface area contributed by atoms with Gasteiger partial charge in [-0.25, -0.2) is 28.7 Å². The number of nitrogens with one attached hydrogen (secondary N) is 2. The van der Waals surface area contributed by atoms with Crippen LogP contribution in [0.25, 0.3) is 43.6 Å². The number of piperazine rings is 1. The van der Waals surface area contributed by atoms with E-state index in [1.54, 1.807) is 67.8 Å². The summed E-state index contributed by atoms with van der Waals surface area (Å²) >= 11 is 0. The van der Waals surface area contributed by atoms with Gasteiger partial charge < -0.3 is 48.2 Å². The van der Waals surface area contributed by atoms with Crippen molar-refractivity contribution in [3.63, 3.8) is 0 Å². The number of aliphatic hydroxyl groups excluding tert-OH is 1. The van der Waals surface area contributed by atoms with Crippen LogP contribution >= 0.6 is 0 Å². The molecule has 2 fully saturated rings. The molecule has 1 unspecified atom stereocenters. The first kappa shape index (κ1) is 44.9. The molecule has 8 aromatic rings. The SMILES string of the molecule is C#CCN1CCN(C[C@@H](O)COc2cc3ncnc(Oc4ccc5[nH]c(C)cc5c4F)c3cc2OC)CC1.COc1cc2c(Oc3ccc4[nH]c(C)cc4c3F)ncnc2cc1OCC1CO1. The topological polar surface area (TPSA) is 178 Å². The fraction of sp³-hybridized carbons (Fsp3) is 0.306. The maximum absolute atomic E-state index is 15.1. The molecular weight excluding hydrogens is 867 g/mol. The van der Waals surface area contributed by atoms with Gasteiger partial charge in [-0.2, -0.15) is 0 Å². The van der Waals surface area contributed by atoms with Crippen LogP contribution in [0.2, 0.25) is 0 Å². The maximum Gasteiger partial charge on any atom is 0.230 e. The van der Waals surface area contributed by atoms with Crippen molar-refractivity contribution in [2.24, 2.45) is 0 Å². The molecule has 6 heterocycles. The molecule has 2 atom stereocenters. The number of terminal acetylenes is 1. The van der Waals surface area contributed by atoms with Crippen LogP contribution < -0.4 is 28.4 Å². The highest BCUT2D eigenvalue weighted by molar-refractivity contribution is 5.89. The quantitative estimate of drug-likeness (QED) is 0.0681. The zero-order valence-corrected chi connectivity index (χ0v) is 37.3. The van der Waals surface area contributed by atoms with Gasteiger partial charge in [0.05, 0.1) is 49.2 Å². The van der Waals surface area contributed by atoms with E-state index in [9.17, 15) is 9.50 Å². The summed E-state index contributed by atoms with van der Waals surface area (Å²) in [6.07, 6.45) is 7.54. The van der Waals surface area contributed by atoms with E-state index in [4.69, 9.17) is 39.6 Å². The van der Waals surface area contributed by atoms with Crippen molar-refractivity contribution in [1.29, 1.82) is 0 Å². The second-order valence-electron chi connectivity index (χ2n) is 16.2. The lowest BCUT2D eigenvalue weighted by molar-refractivity contribution is 0.0479. The summed E-state index contributed by atoms with van der Waals surface area (Å²) in [4.78, 5) is 27.6. The van der Waals surface area contributed by atoms with E-state index in [0.29, 0.717) is 92.9 Å². The van der Waals surface area contributed by atoms with E-state index in [-0.39, 0.29) is 36.0 Å². The number of hydrogen-bond acceptors (Lipinski definition) is 14. The van der Waals surface area contributed by atoms with Gasteiger partial charge in [-0.1, -0.05) is 5.92 Å². The third-order valence-electron chi connectivity index (χ3n) is 11.4. The van der Waals surface area contributed by atoms with Gasteiger partial charge in [-0.05, 0) is 62.4 Å². The largest absolute Gasteiger partial charge is 0.493 e. The fourth-order valence-corrected chi connectivity index (χ4v) is 7.87. The van der Waals surface area contributed by atoms with E-state index >= 15 is 4.39 Å². The molecule has 0 bridgehead atoms. The number of methoxy groups -OCH3 is 2. The highest BCUT2D eigenvalue weighted by Gasteiger charge is 2.25. The second kappa shape index (κ2) is 19.7. The van der Waals surface area contributed by atoms with E-state index in [2.05, 4.69) is 45.6 Å². The van der Waals surface area contributed by atoms with E-state index in [0.717, 1.165) is 37.6 Å². The lowest BCUT2D eigenvalue weighted by Crippen LogP contribution is -2.49. The molecule has 2 aliphatic heterocycles. The van der Waals surface area contributed by atoms with Crippen LogP contribution in [-0.4, -0.2) is 130 Å². The molecule has 3 N–H and O–H groups in total. The van der Waals surface area contributed by atoms with Gasteiger partial charge in [0.25, 0.3) is 0 Å². The van der Waals surface area contributed by atoms with Gasteiger partial charge in [0.1, 0.15) is 38.1 Å². The molecule has 4 aromatic heterocycles. The number of aromatic amines is 2. The molecule has 0 amide bonds. The number of aryl methyl sites for hydroxylation is 2. The van der Waals surface area contributed by atoms with Crippen molar-refractivity contribution in [3.05, 3.63) is 96.3 Å². The molecule has 0 saturated carbocycles. The van der Waals surface area contributed by atoms with Gasteiger partial charge in [0, 0.05) is 78.1 Å². The molecule has 18 heteroatoms. The van der Waals surface area contributed by atoms with Gasteiger partial charge in [-0.3, -0.25) is 9.80 Å². The Hall–Kier alpha value is -7.30. The average Bonchev–Trinajstić information content (AvgIpc) is 3.96. The maximum atomic E-state index is 15.1. The number of nitrogens with zero attached hydrogens (tertiary/aromatic N) is 6. The molecule has 67 heavy (non-hydrogen) atoms. The molecule has 0 spiro atoms. The zero-order chi connectivity index (χ0) is 46.6. The van der Waals surface area contributed by atoms with Crippen molar-refractivity contribution in [2.45, 2.75) is 26.1 Å². The van der Waals surface area contributed by atoms with Crippen molar-refractivity contribution in [3.8, 4) is 58.6 Å². The lowest BCUT2D eigenvalue weighted by Gasteiger charge is -2.34. The Bertz CT molecular complexity index is 3110. The number of rotatable bonds is 15. The molecule has 2 aliphatic rings. The Balaban J connectivity index is 0.000000174. The van der Waals surface area contributed by atoms with Gasteiger partial charge >= 0.3 is 0 Å². The Morgan fingerprint density at radius 3 is 1.70 bits per heavy atom.